The third kappa shape index (κ3) is 4.85. The molecule has 0 bridgehead atoms. The van der Waals surface area contributed by atoms with E-state index in [1.54, 1.807) is 6.07 Å². The van der Waals surface area contributed by atoms with Crippen LogP contribution in [0.25, 0.3) is 0 Å². The Morgan fingerprint density at radius 2 is 2.07 bits per heavy atom. The van der Waals surface area contributed by atoms with Crippen molar-refractivity contribution in [1.29, 1.82) is 0 Å². The molecule has 1 aromatic rings. The van der Waals surface area contributed by atoms with Crippen LogP contribution in [0.3, 0.4) is 0 Å². The number of carbonyl (C=O) groups excluding carboxylic acids is 2. The minimum Gasteiger partial charge on any atom is -0.326 e. The van der Waals surface area contributed by atoms with E-state index in [0.717, 1.165) is 36.4 Å². The van der Waals surface area contributed by atoms with Gasteiger partial charge in [-0.15, -0.1) is 0 Å². The molecule has 1 N–H and O–H groups in total. The van der Waals surface area contributed by atoms with Crippen LogP contribution in [0.2, 0.25) is 5.02 Å². The summed E-state index contributed by atoms with van der Waals surface area (Å²) in [6, 6.07) is 5.65. The maximum atomic E-state index is 13.0. The number of benzene rings is 1. The molecule has 0 aromatic heterocycles. The van der Waals surface area contributed by atoms with E-state index in [9.17, 15) is 9.59 Å². The van der Waals surface area contributed by atoms with Crippen LogP contribution in [0.15, 0.2) is 23.2 Å². The number of halogens is 1. The van der Waals surface area contributed by atoms with Gasteiger partial charge in [-0.25, -0.2) is 0 Å². The molecule has 0 spiro atoms. The van der Waals surface area contributed by atoms with Crippen molar-refractivity contribution in [3.05, 3.63) is 28.8 Å². The highest BCUT2D eigenvalue weighted by molar-refractivity contribution is 8.15. The molecule has 1 unspecified atom stereocenters. The third-order valence-corrected chi connectivity index (χ3v) is 6.62. The van der Waals surface area contributed by atoms with Crippen molar-refractivity contribution in [3.8, 4) is 0 Å². The Hall–Kier alpha value is -1.53. The summed E-state index contributed by atoms with van der Waals surface area (Å²) in [6.45, 7) is 4.52. The van der Waals surface area contributed by atoms with Gasteiger partial charge in [-0.05, 0) is 44.4 Å². The molecule has 2 amide bonds. The number of amidine groups is 1. The molecule has 0 radical (unpaired) electrons. The number of hydrogen-bond acceptors (Lipinski definition) is 4. The zero-order valence-corrected chi connectivity index (χ0v) is 17.4. The number of thioether (sulfide) groups is 1. The molecule has 1 heterocycles. The number of rotatable bonds is 5. The van der Waals surface area contributed by atoms with Gasteiger partial charge in [-0.1, -0.05) is 48.7 Å². The fraction of sp³-hybridized carbons (Fsp3) is 0.550. The molecule has 2 aliphatic rings. The SMILES string of the molecule is CCN=C1SC(CC(=O)Nc2ccc(C)c(Cl)c2)C(=O)N1C1CCCCC1. The average Bonchev–Trinajstić information content (AvgIpc) is 2.94. The van der Waals surface area contributed by atoms with E-state index in [0.29, 0.717) is 17.3 Å². The minimum absolute atomic E-state index is 0.0242. The van der Waals surface area contributed by atoms with Crippen LogP contribution in [0.4, 0.5) is 5.69 Å². The highest BCUT2D eigenvalue weighted by Gasteiger charge is 2.42. The molecule has 1 aliphatic heterocycles. The lowest BCUT2D eigenvalue weighted by Crippen LogP contribution is -2.42. The summed E-state index contributed by atoms with van der Waals surface area (Å²) in [5, 5.41) is 3.84. The second kappa shape index (κ2) is 9.11. The molecule has 7 heteroatoms. The molecular weight excluding hydrogens is 382 g/mol. The molecule has 2 fully saturated rings. The van der Waals surface area contributed by atoms with Gasteiger partial charge in [0, 0.05) is 29.7 Å². The maximum absolute atomic E-state index is 13.0. The zero-order chi connectivity index (χ0) is 19.4. The molecule has 1 atom stereocenters. The first-order valence-electron chi connectivity index (χ1n) is 9.59. The number of amides is 2. The molecular formula is C20H26ClN3O2S. The van der Waals surface area contributed by atoms with Crippen molar-refractivity contribution in [2.75, 3.05) is 11.9 Å². The van der Waals surface area contributed by atoms with Crippen LogP contribution in [0.1, 0.15) is 51.0 Å². The predicted molar refractivity (Wildman–Crippen MR) is 113 cm³/mol. The number of carbonyl (C=O) groups is 2. The van der Waals surface area contributed by atoms with Gasteiger partial charge < -0.3 is 5.32 Å². The lowest BCUT2D eigenvalue weighted by atomic mass is 9.94. The minimum atomic E-state index is -0.404. The van der Waals surface area contributed by atoms with E-state index in [1.165, 1.54) is 18.2 Å². The summed E-state index contributed by atoms with van der Waals surface area (Å²) in [4.78, 5) is 31.9. The van der Waals surface area contributed by atoms with Crippen molar-refractivity contribution in [2.45, 2.75) is 63.7 Å². The quantitative estimate of drug-likeness (QED) is 0.773. The number of nitrogens with one attached hydrogen (secondary N) is 1. The maximum Gasteiger partial charge on any atom is 0.242 e. The lowest BCUT2D eigenvalue weighted by molar-refractivity contribution is -0.130. The van der Waals surface area contributed by atoms with Gasteiger partial charge >= 0.3 is 0 Å². The van der Waals surface area contributed by atoms with Crippen molar-refractivity contribution in [2.24, 2.45) is 4.99 Å². The van der Waals surface area contributed by atoms with E-state index in [2.05, 4.69) is 10.3 Å². The predicted octanol–water partition coefficient (Wildman–Crippen LogP) is 4.63. The molecule has 27 heavy (non-hydrogen) atoms. The number of anilines is 1. The van der Waals surface area contributed by atoms with E-state index in [4.69, 9.17) is 11.6 Å². The first kappa shape index (κ1) is 20.2. The van der Waals surface area contributed by atoms with Gasteiger partial charge in [0.25, 0.3) is 0 Å². The Labute approximate surface area is 169 Å². The Morgan fingerprint density at radius 1 is 1.33 bits per heavy atom. The highest BCUT2D eigenvalue weighted by Crippen LogP contribution is 2.35. The molecule has 1 aromatic carbocycles. The summed E-state index contributed by atoms with van der Waals surface area (Å²) in [5.41, 5.74) is 1.61. The van der Waals surface area contributed by atoms with Gasteiger partial charge in [0.15, 0.2) is 5.17 Å². The van der Waals surface area contributed by atoms with Crippen LogP contribution < -0.4 is 5.32 Å². The van der Waals surface area contributed by atoms with Gasteiger partial charge in [-0.2, -0.15) is 0 Å². The first-order chi connectivity index (χ1) is 13.0. The van der Waals surface area contributed by atoms with Crippen molar-refractivity contribution in [3.63, 3.8) is 0 Å². The summed E-state index contributed by atoms with van der Waals surface area (Å²) in [7, 11) is 0. The molecule has 3 rings (SSSR count). The Kier molecular flexibility index (Phi) is 6.82. The van der Waals surface area contributed by atoms with E-state index in [-0.39, 0.29) is 24.3 Å². The first-order valence-corrected chi connectivity index (χ1v) is 10.9. The van der Waals surface area contributed by atoms with Gasteiger partial charge in [-0.3, -0.25) is 19.5 Å². The largest absolute Gasteiger partial charge is 0.326 e. The number of hydrogen-bond donors (Lipinski definition) is 1. The van der Waals surface area contributed by atoms with Crippen molar-refractivity contribution in [1.82, 2.24) is 4.90 Å². The number of nitrogens with zero attached hydrogens (tertiary/aromatic N) is 2. The second-order valence-corrected chi connectivity index (χ2v) is 8.66. The summed E-state index contributed by atoms with van der Waals surface area (Å²) >= 11 is 7.55. The number of aryl methyl sites for hydroxylation is 1. The van der Waals surface area contributed by atoms with Crippen molar-refractivity contribution >= 4 is 46.0 Å². The zero-order valence-electron chi connectivity index (χ0n) is 15.8. The van der Waals surface area contributed by atoms with E-state index in [1.807, 2.05) is 30.9 Å². The van der Waals surface area contributed by atoms with E-state index >= 15 is 0 Å². The Bertz CT molecular complexity index is 747. The van der Waals surface area contributed by atoms with Crippen LogP contribution in [-0.4, -0.2) is 39.7 Å². The highest BCUT2D eigenvalue weighted by atomic mass is 35.5. The monoisotopic (exact) mass is 407 g/mol. The average molecular weight is 408 g/mol. The van der Waals surface area contributed by atoms with Crippen molar-refractivity contribution < 1.29 is 9.59 Å². The van der Waals surface area contributed by atoms with E-state index < -0.39 is 5.25 Å². The standard InChI is InChI=1S/C20H26ClN3O2S/c1-3-22-20-24(15-7-5-4-6-8-15)19(26)17(27-20)12-18(25)23-14-10-9-13(2)16(21)11-14/h9-11,15,17H,3-8,12H2,1-2H3,(H,23,25). The smallest absolute Gasteiger partial charge is 0.242 e. The summed E-state index contributed by atoms with van der Waals surface area (Å²) < 4.78 is 0. The van der Waals surface area contributed by atoms with Crippen LogP contribution >= 0.6 is 23.4 Å². The van der Waals surface area contributed by atoms with Crippen LogP contribution in [0.5, 0.6) is 0 Å². The summed E-state index contributed by atoms with van der Waals surface area (Å²) in [6.07, 6.45) is 5.72. The summed E-state index contributed by atoms with van der Waals surface area (Å²) in [5.74, 6) is -0.154. The van der Waals surface area contributed by atoms with Crippen LogP contribution in [0, 0.1) is 6.92 Å². The fourth-order valence-corrected chi connectivity index (χ4v) is 5.03. The molecule has 146 valence electrons. The van der Waals surface area contributed by atoms with Gasteiger partial charge in [0.1, 0.15) is 5.25 Å². The Morgan fingerprint density at radius 3 is 2.74 bits per heavy atom. The van der Waals surface area contributed by atoms with Gasteiger partial charge in [0.2, 0.25) is 11.8 Å². The number of aliphatic imine (C=N–C) groups is 1. The third-order valence-electron chi connectivity index (χ3n) is 5.03. The molecule has 1 saturated heterocycles. The molecule has 1 aliphatic carbocycles. The van der Waals surface area contributed by atoms with Gasteiger partial charge in [0.05, 0.1) is 0 Å². The molecule has 5 nitrogen and oxygen atoms in total. The lowest BCUT2D eigenvalue weighted by Gasteiger charge is -2.30. The second-order valence-electron chi connectivity index (χ2n) is 7.08. The topological polar surface area (TPSA) is 61.8 Å². The molecule has 1 saturated carbocycles. The normalized spacial score (nSPS) is 22.5. The Balaban J connectivity index is 1.67. The van der Waals surface area contributed by atoms with Crippen LogP contribution in [-0.2, 0) is 9.59 Å². The fourth-order valence-electron chi connectivity index (χ4n) is 3.59.